The maximum atomic E-state index is 15.8. The Balaban J connectivity index is 1.45. The van der Waals surface area contributed by atoms with Crippen LogP contribution < -0.4 is 11.1 Å². The molecule has 3 N–H and O–H groups in total. The van der Waals surface area contributed by atoms with Gasteiger partial charge in [-0.15, -0.1) is 0 Å². The standard InChI is InChI=1S/C29H27FN6O2/c1-15(2)28(37)34-19-7-4-17(5-8-19)25-23(24-26(31)32-14-33-27(24)35(25)3)21-9-6-18(12-22(21)30)29(38)36-13-16-10-20(36)11-16/h4-9,12,14,16,20H,1,10-11,13H2,2-3H3,(H,34,37)(H2,31,32,33). The van der Waals surface area contributed by atoms with Crippen molar-refractivity contribution in [3.8, 4) is 22.4 Å². The van der Waals surface area contributed by atoms with Crippen LogP contribution in [0, 0.1) is 11.7 Å². The fourth-order valence-corrected chi connectivity index (χ4v) is 5.62. The van der Waals surface area contributed by atoms with E-state index in [4.69, 9.17) is 5.73 Å². The van der Waals surface area contributed by atoms with Crippen molar-refractivity contribution >= 4 is 34.4 Å². The molecule has 0 atom stereocenters. The van der Waals surface area contributed by atoms with Gasteiger partial charge in [-0.05, 0) is 55.5 Å². The molecular formula is C29H27FN6O2. The molecule has 38 heavy (non-hydrogen) atoms. The summed E-state index contributed by atoms with van der Waals surface area (Å²) in [4.78, 5) is 35.5. The monoisotopic (exact) mass is 510 g/mol. The normalized spacial score (nSPS) is 17.9. The largest absolute Gasteiger partial charge is 0.383 e. The number of nitrogens with zero attached hydrogens (tertiary/aromatic N) is 4. The number of halogens is 1. The van der Waals surface area contributed by atoms with Crippen LogP contribution >= 0.6 is 0 Å². The molecule has 0 unspecified atom stereocenters. The summed E-state index contributed by atoms with van der Waals surface area (Å²) in [6.45, 7) is 6.04. The first-order chi connectivity index (χ1) is 18.2. The Morgan fingerprint density at radius 3 is 2.50 bits per heavy atom. The summed E-state index contributed by atoms with van der Waals surface area (Å²) >= 11 is 0. The van der Waals surface area contributed by atoms with Crippen molar-refractivity contribution in [2.75, 3.05) is 17.6 Å². The summed E-state index contributed by atoms with van der Waals surface area (Å²) in [5.74, 6) is -0.115. The van der Waals surface area contributed by atoms with Crippen molar-refractivity contribution in [3.05, 3.63) is 72.3 Å². The van der Waals surface area contributed by atoms with Gasteiger partial charge in [0.15, 0.2) is 0 Å². The molecule has 4 aromatic rings. The lowest BCUT2D eigenvalue weighted by atomic mass is 9.86. The number of carbonyl (C=O) groups is 2. The quantitative estimate of drug-likeness (QED) is 0.376. The second kappa shape index (κ2) is 8.79. The zero-order valence-corrected chi connectivity index (χ0v) is 21.2. The molecule has 3 fully saturated rings. The highest BCUT2D eigenvalue weighted by Gasteiger charge is 2.45. The first kappa shape index (κ1) is 23.8. The van der Waals surface area contributed by atoms with E-state index in [2.05, 4.69) is 21.9 Å². The molecule has 4 heterocycles. The summed E-state index contributed by atoms with van der Waals surface area (Å²) in [5.41, 5.74) is 10.5. The molecule has 2 bridgehead atoms. The molecule has 8 nitrogen and oxygen atoms in total. The van der Waals surface area contributed by atoms with Gasteiger partial charge in [0, 0.05) is 47.6 Å². The van der Waals surface area contributed by atoms with E-state index in [-0.39, 0.29) is 23.7 Å². The first-order valence-electron chi connectivity index (χ1n) is 12.5. The summed E-state index contributed by atoms with van der Waals surface area (Å²) in [5, 5.41) is 3.32. The van der Waals surface area contributed by atoms with Crippen molar-refractivity contribution in [2.24, 2.45) is 13.0 Å². The van der Waals surface area contributed by atoms with Crippen LogP contribution in [-0.4, -0.2) is 43.8 Å². The van der Waals surface area contributed by atoms with Gasteiger partial charge in [-0.25, -0.2) is 14.4 Å². The maximum absolute atomic E-state index is 15.8. The van der Waals surface area contributed by atoms with E-state index in [0.29, 0.717) is 50.6 Å². The Kier molecular flexibility index (Phi) is 5.52. The summed E-state index contributed by atoms with van der Waals surface area (Å²) < 4.78 is 17.7. The van der Waals surface area contributed by atoms with E-state index in [0.717, 1.165) is 24.9 Å². The summed E-state index contributed by atoms with van der Waals surface area (Å²) in [6, 6.07) is 12.1. The molecule has 2 aromatic heterocycles. The van der Waals surface area contributed by atoms with Crippen molar-refractivity contribution in [1.29, 1.82) is 0 Å². The topological polar surface area (TPSA) is 106 Å². The first-order valence-corrected chi connectivity index (χ1v) is 12.5. The molecule has 2 saturated heterocycles. The number of carbonyl (C=O) groups excluding carboxylic acids is 2. The smallest absolute Gasteiger partial charge is 0.254 e. The number of nitrogens with two attached hydrogens (primary N) is 1. The van der Waals surface area contributed by atoms with Crippen molar-refractivity contribution in [3.63, 3.8) is 0 Å². The third-order valence-electron chi connectivity index (χ3n) is 7.65. The van der Waals surface area contributed by atoms with Gasteiger partial charge in [-0.2, -0.15) is 0 Å². The summed E-state index contributed by atoms with van der Waals surface area (Å²) in [6.07, 6.45) is 3.46. The highest BCUT2D eigenvalue weighted by Crippen LogP contribution is 2.44. The zero-order valence-electron chi connectivity index (χ0n) is 21.2. The third-order valence-corrected chi connectivity index (χ3v) is 7.65. The Bertz CT molecular complexity index is 1640. The van der Waals surface area contributed by atoms with Crippen LogP contribution in [0.15, 0.2) is 60.9 Å². The minimum atomic E-state index is -0.523. The van der Waals surface area contributed by atoms with Gasteiger partial charge in [0.2, 0.25) is 0 Å². The van der Waals surface area contributed by atoms with Crippen LogP contribution in [0.3, 0.4) is 0 Å². The maximum Gasteiger partial charge on any atom is 0.254 e. The van der Waals surface area contributed by atoms with Gasteiger partial charge in [0.1, 0.15) is 23.6 Å². The van der Waals surface area contributed by atoms with Gasteiger partial charge in [0.05, 0.1) is 11.1 Å². The fraction of sp³-hybridized carbons (Fsp3) is 0.241. The molecule has 192 valence electrons. The molecule has 2 aromatic carbocycles. The lowest BCUT2D eigenvalue weighted by molar-refractivity contribution is -0.112. The Labute approximate surface area is 219 Å². The molecule has 0 radical (unpaired) electrons. The van der Waals surface area contributed by atoms with E-state index in [1.54, 1.807) is 31.2 Å². The molecule has 2 aliphatic heterocycles. The zero-order chi connectivity index (χ0) is 26.7. The van der Waals surface area contributed by atoms with E-state index in [9.17, 15) is 9.59 Å². The number of aryl methyl sites for hydroxylation is 1. The lowest BCUT2D eigenvalue weighted by Gasteiger charge is -2.25. The number of anilines is 2. The number of hydrogen-bond acceptors (Lipinski definition) is 5. The SMILES string of the molecule is C=C(C)C(=O)Nc1ccc(-c2c(-c3ccc(C(=O)N4CC5CC4C5)cc3F)c3c(N)ncnc3n2C)cc1. The van der Waals surface area contributed by atoms with Gasteiger partial charge >= 0.3 is 0 Å². The van der Waals surface area contributed by atoms with Crippen LogP contribution in [0.2, 0.25) is 0 Å². The Morgan fingerprint density at radius 2 is 1.87 bits per heavy atom. The minimum Gasteiger partial charge on any atom is -0.383 e. The third kappa shape index (κ3) is 3.73. The van der Waals surface area contributed by atoms with Gasteiger partial charge < -0.3 is 20.5 Å². The van der Waals surface area contributed by atoms with Crippen molar-refractivity contribution in [1.82, 2.24) is 19.4 Å². The van der Waals surface area contributed by atoms with Gasteiger partial charge in [0.25, 0.3) is 11.8 Å². The molecule has 7 rings (SSSR count). The molecule has 9 heteroatoms. The average molecular weight is 511 g/mol. The Morgan fingerprint density at radius 1 is 1.13 bits per heavy atom. The van der Waals surface area contributed by atoms with E-state index in [1.807, 2.05) is 28.6 Å². The average Bonchev–Trinajstić information content (AvgIpc) is 3.57. The van der Waals surface area contributed by atoms with Crippen LogP contribution in [0.1, 0.15) is 30.1 Å². The van der Waals surface area contributed by atoms with Crippen LogP contribution in [0.5, 0.6) is 0 Å². The van der Waals surface area contributed by atoms with Gasteiger partial charge in [-0.3, -0.25) is 9.59 Å². The predicted octanol–water partition coefficient (Wildman–Crippen LogP) is 4.77. The number of aromatic nitrogens is 3. The second-order valence-electron chi connectivity index (χ2n) is 10.2. The predicted molar refractivity (Wildman–Crippen MR) is 145 cm³/mol. The highest BCUT2D eigenvalue weighted by molar-refractivity contribution is 6.08. The van der Waals surface area contributed by atoms with E-state index < -0.39 is 5.82 Å². The molecule has 1 aliphatic carbocycles. The van der Waals surface area contributed by atoms with Crippen LogP contribution in [0.25, 0.3) is 33.4 Å². The minimum absolute atomic E-state index is 0.131. The van der Waals surface area contributed by atoms with Crippen molar-refractivity contribution < 1.29 is 14.0 Å². The van der Waals surface area contributed by atoms with Gasteiger partial charge in [-0.1, -0.05) is 24.8 Å². The van der Waals surface area contributed by atoms with Crippen molar-refractivity contribution in [2.45, 2.75) is 25.8 Å². The number of nitrogens with one attached hydrogen (secondary N) is 1. The molecule has 3 aliphatic rings. The van der Waals surface area contributed by atoms with E-state index in [1.165, 1.54) is 12.4 Å². The number of fused-ring (bicyclic) bond motifs is 2. The Hall–Kier alpha value is -4.53. The number of nitrogen functional groups attached to an aromatic ring is 1. The van der Waals surface area contributed by atoms with Crippen LogP contribution in [-0.2, 0) is 11.8 Å². The number of benzene rings is 2. The number of rotatable bonds is 5. The molecule has 0 spiro atoms. The molecule has 2 amide bonds. The lowest BCUT2D eigenvalue weighted by Crippen LogP contribution is -2.34. The number of hydrogen-bond donors (Lipinski definition) is 2. The molecular weight excluding hydrogens is 483 g/mol. The summed E-state index contributed by atoms with van der Waals surface area (Å²) in [7, 11) is 1.83. The molecule has 1 saturated carbocycles. The highest BCUT2D eigenvalue weighted by atomic mass is 19.1. The van der Waals surface area contributed by atoms with E-state index >= 15 is 4.39 Å². The second-order valence-corrected chi connectivity index (χ2v) is 10.2. The number of amides is 2. The fourth-order valence-electron chi connectivity index (χ4n) is 5.62. The van der Waals surface area contributed by atoms with Crippen LogP contribution in [0.4, 0.5) is 15.9 Å².